The highest BCUT2D eigenvalue weighted by Gasteiger charge is 2.31. The zero-order valence-corrected chi connectivity index (χ0v) is 14.9. The number of carbonyl (C=O) groups is 2. The van der Waals surface area contributed by atoms with Crippen LogP contribution in [0, 0.1) is 5.82 Å². The van der Waals surface area contributed by atoms with Crippen molar-refractivity contribution in [2.24, 2.45) is 0 Å². The summed E-state index contributed by atoms with van der Waals surface area (Å²) in [4.78, 5) is 25.0. The molecule has 1 unspecified atom stereocenters. The van der Waals surface area contributed by atoms with E-state index in [-0.39, 0.29) is 17.8 Å². The maximum Gasteiger partial charge on any atom is 0.319 e. The number of anilines is 1. The molecule has 1 heterocycles. The lowest BCUT2D eigenvalue weighted by Crippen LogP contribution is -2.46. The molecule has 3 N–H and O–H groups in total. The highest BCUT2D eigenvalue weighted by molar-refractivity contribution is 6.06. The van der Waals surface area contributed by atoms with E-state index in [2.05, 4.69) is 28.1 Å². The lowest BCUT2D eigenvalue weighted by atomic mass is 9.92. The number of rotatable bonds is 3. The minimum atomic E-state index is -0.537. The number of carbonyl (C=O) groups excluding carboxylic acids is 2. The van der Waals surface area contributed by atoms with E-state index >= 15 is 0 Å². The Kier molecular flexibility index (Phi) is 4.39. The van der Waals surface area contributed by atoms with E-state index in [1.807, 2.05) is 6.07 Å². The van der Waals surface area contributed by atoms with Crippen LogP contribution >= 0.6 is 0 Å². The summed E-state index contributed by atoms with van der Waals surface area (Å²) in [6.45, 7) is 1.71. The number of hydrogen-bond donors (Lipinski definition) is 3. The second kappa shape index (κ2) is 6.87. The summed E-state index contributed by atoms with van der Waals surface area (Å²) < 4.78 is 13.1. The third-order valence-electron chi connectivity index (χ3n) is 5.07. The van der Waals surface area contributed by atoms with Gasteiger partial charge in [0.2, 0.25) is 0 Å². The fraction of sp³-hybridized carbons (Fsp3) is 0.238. The van der Waals surface area contributed by atoms with E-state index in [1.54, 1.807) is 6.92 Å². The van der Waals surface area contributed by atoms with Gasteiger partial charge in [0.15, 0.2) is 0 Å². The molecule has 138 valence electrons. The predicted molar refractivity (Wildman–Crippen MR) is 101 cm³/mol. The van der Waals surface area contributed by atoms with Crippen LogP contribution < -0.4 is 16.0 Å². The molecule has 0 saturated carbocycles. The van der Waals surface area contributed by atoms with Gasteiger partial charge in [0.25, 0.3) is 5.91 Å². The third-order valence-corrected chi connectivity index (χ3v) is 5.07. The van der Waals surface area contributed by atoms with Crippen molar-refractivity contribution in [3.63, 3.8) is 0 Å². The van der Waals surface area contributed by atoms with Crippen LogP contribution in [0.15, 0.2) is 53.7 Å². The SMILES string of the molecule is CC1=C(C(=O)Nc2ccc(F)cc2)C(c2ccc3c(c2)CCC3)NC(=O)N1. The van der Waals surface area contributed by atoms with Gasteiger partial charge in [0.1, 0.15) is 5.82 Å². The Morgan fingerprint density at radius 3 is 2.63 bits per heavy atom. The minimum Gasteiger partial charge on any atom is -0.327 e. The van der Waals surface area contributed by atoms with Crippen molar-refractivity contribution >= 4 is 17.6 Å². The quantitative estimate of drug-likeness (QED) is 0.778. The van der Waals surface area contributed by atoms with E-state index in [0.29, 0.717) is 17.0 Å². The number of fused-ring (bicyclic) bond motifs is 1. The number of halogens is 1. The van der Waals surface area contributed by atoms with Gasteiger partial charge < -0.3 is 16.0 Å². The van der Waals surface area contributed by atoms with Crippen molar-refractivity contribution in [1.29, 1.82) is 0 Å². The van der Waals surface area contributed by atoms with Crippen LogP contribution in [0.5, 0.6) is 0 Å². The molecule has 1 aliphatic heterocycles. The highest BCUT2D eigenvalue weighted by Crippen LogP contribution is 2.31. The number of amides is 3. The van der Waals surface area contributed by atoms with E-state index in [0.717, 1.165) is 24.8 Å². The van der Waals surface area contributed by atoms with Crippen LogP contribution in [-0.2, 0) is 17.6 Å². The van der Waals surface area contributed by atoms with E-state index in [4.69, 9.17) is 0 Å². The standard InChI is InChI=1S/C21H20FN3O2/c1-12-18(20(26)24-17-9-7-16(22)8-10-17)19(25-21(27)23-12)15-6-5-13-3-2-4-14(13)11-15/h5-11,19H,2-4H2,1H3,(H,24,26)(H2,23,25,27). The average Bonchev–Trinajstić information content (AvgIpc) is 3.10. The van der Waals surface area contributed by atoms with Gasteiger partial charge in [0.05, 0.1) is 11.6 Å². The molecule has 1 aliphatic carbocycles. The van der Waals surface area contributed by atoms with E-state index in [1.165, 1.54) is 35.4 Å². The summed E-state index contributed by atoms with van der Waals surface area (Å²) in [7, 11) is 0. The Morgan fingerprint density at radius 1 is 1.11 bits per heavy atom. The van der Waals surface area contributed by atoms with Crippen molar-refractivity contribution in [3.8, 4) is 0 Å². The molecule has 0 spiro atoms. The summed E-state index contributed by atoms with van der Waals surface area (Å²) in [6, 6.07) is 10.8. The van der Waals surface area contributed by atoms with Gasteiger partial charge in [-0.3, -0.25) is 4.79 Å². The fourth-order valence-electron chi connectivity index (χ4n) is 3.75. The van der Waals surface area contributed by atoms with Crippen molar-refractivity contribution in [2.45, 2.75) is 32.2 Å². The maximum absolute atomic E-state index is 13.1. The van der Waals surface area contributed by atoms with Gasteiger partial charge in [-0.1, -0.05) is 18.2 Å². The van der Waals surface area contributed by atoms with Crippen LogP contribution in [-0.4, -0.2) is 11.9 Å². The first-order valence-electron chi connectivity index (χ1n) is 8.98. The van der Waals surface area contributed by atoms with Crippen LogP contribution in [0.2, 0.25) is 0 Å². The number of hydrogen-bond acceptors (Lipinski definition) is 2. The third kappa shape index (κ3) is 3.43. The lowest BCUT2D eigenvalue weighted by Gasteiger charge is -2.29. The molecular weight excluding hydrogens is 345 g/mol. The molecule has 1 atom stereocenters. The summed E-state index contributed by atoms with van der Waals surface area (Å²) in [5, 5.41) is 8.30. The molecule has 5 nitrogen and oxygen atoms in total. The van der Waals surface area contributed by atoms with Gasteiger partial charge in [0, 0.05) is 11.4 Å². The molecule has 6 heteroatoms. The van der Waals surface area contributed by atoms with E-state index < -0.39 is 6.04 Å². The molecule has 27 heavy (non-hydrogen) atoms. The molecule has 0 bridgehead atoms. The minimum absolute atomic E-state index is 0.336. The van der Waals surface area contributed by atoms with Crippen molar-refractivity contribution in [3.05, 3.63) is 76.2 Å². The highest BCUT2D eigenvalue weighted by atomic mass is 19.1. The molecule has 0 aromatic heterocycles. The normalized spacial score (nSPS) is 18.6. The number of aryl methyl sites for hydroxylation is 2. The smallest absolute Gasteiger partial charge is 0.319 e. The van der Waals surface area contributed by atoms with Crippen molar-refractivity contribution in [1.82, 2.24) is 10.6 Å². The molecular formula is C21H20FN3O2. The molecule has 2 aliphatic rings. The van der Waals surface area contributed by atoms with Gasteiger partial charge in [-0.15, -0.1) is 0 Å². The Bertz CT molecular complexity index is 950. The van der Waals surface area contributed by atoms with E-state index in [9.17, 15) is 14.0 Å². The zero-order valence-electron chi connectivity index (χ0n) is 14.9. The number of allylic oxidation sites excluding steroid dienone is 1. The Morgan fingerprint density at radius 2 is 1.85 bits per heavy atom. The molecule has 0 fully saturated rings. The van der Waals surface area contributed by atoms with Crippen LogP contribution in [0.25, 0.3) is 0 Å². The van der Waals surface area contributed by atoms with Crippen LogP contribution in [0.1, 0.15) is 36.1 Å². The largest absolute Gasteiger partial charge is 0.327 e. The number of benzene rings is 2. The molecule has 0 radical (unpaired) electrons. The van der Waals surface area contributed by atoms with Crippen LogP contribution in [0.4, 0.5) is 14.9 Å². The topological polar surface area (TPSA) is 70.2 Å². The average molecular weight is 365 g/mol. The monoisotopic (exact) mass is 365 g/mol. The van der Waals surface area contributed by atoms with Crippen LogP contribution in [0.3, 0.4) is 0 Å². The first-order valence-corrected chi connectivity index (χ1v) is 8.98. The van der Waals surface area contributed by atoms with Gasteiger partial charge in [-0.05, 0) is 67.1 Å². The maximum atomic E-state index is 13.1. The summed E-state index contributed by atoms with van der Waals surface area (Å²) >= 11 is 0. The van der Waals surface area contributed by atoms with Crippen molar-refractivity contribution in [2.75, 3.05) is 5.32 Å². The number of urea groups is 1. The second-order valence-electron chi connectivity index (χ2n) is 6.91. The first kappa shape index (κ1) is 17.3. The Hall–Kier alpha value is -3.15. The summed E-state index contributed by atoms with van der Waals surface area (Å²) in [5.41, 5.74) is 4.93. The van der Waals surface area contributed by atoms with Crippen molar-refractivity contribution < 1.29 is 14.0 Å². The molecule has 2 aromatic carbocycles. The summed E-state index contributed by atoms with van der Waals surface area (Å²) in [6.07, 6.45) is 3.22. The molecule has 2 aromatic rings. The predicted octanol–water partition coefficient (Wildman–Crippen LogP) is 3.58. The Balaban J connectivity index is 1.67. The molecule has 3 amide bonds. The number of nitrogens with one attached hydrogen (secondary N) is 3. The molecule has 4 rings (SSSR count). The molecule has 0 saturated heterocycles. The van der Waals surface area contributed by atoms with Gasteiger partial charge in [-0.2, -0.15) is 0 Å². The van der Waals surface area contributed by atoms with Gasteiger partial charge in [-0.25, -0.2) is 9.18 Å². The summed E-state index contributed by atoms with van der Waals surface area (Å²) in [5.74, 6) is -0.705. The first-order chi connectivity index (χ1) is 13.0. The fourth-order valence-corrected chi connectivity index (χ4v) is 3.75. The second-order valence-corrected chi connectivity index (χ2v) is 6.91. The van der Waals surface area contributed by atoms with Gasteiger partial charge >= 0.3 is 6.03 Å². The zero-order chi connectivity index (χ0) is 19.0. The Labute approximate surface area is 156 Å². The lowest BCUT2D eigenvalue weighted by molar-refractivity contribution is -0.113.